The van der Waals surface area contributed by atoms with E-state index in [-0.39, 0.29) is 5.91 Å². The van der Waals surface area contributed by atoms with Gasteiger partial charge in [-0.15, -0.1) is 0 Å². The van der Waals surface area contributed by atoms with Crippen LogP contribution in [-0.2, 0) is 16.1 Å². The second-order valence-corrected chi connectivity index (χ2v) is 7.58. The highest BCUT2D eigenvalue weighted by Gasteiger charge is 2.20. The number of benzene rings is 1. The summed E-state index contributed by atoms with van der Waals surface area (Å²) in [7, 11) is 1.73. The van der Waals surface area contributed by atoms with Crippen LogP contribution < -0.4 is 15.5 Å². The third-order valence-electron chi connectivity index (χ3n) is 4.16. The molecule has 0 spiro atoms. The van der Waals surface area contributed by atoms with Gasteiger partial charge in [-0.1, -0.05) is 62.4 Å². The van der Waals surface area contributed by atoms with E-state index in [9.17, 15) is 9.59 Å². The molecule has 2 aromatic rings. The van der Waals surface area contributed by atoms with Gasteiger partial charge in [-0.25, -0.2) is 9.97 Å². The minimum Gasteiger partial charge on any atom is -0.382 e. The van der Waals surface area contributed by atoms with Crippen molar-refractivity contribution in [1.29, 1.82) is 0 Å². The fourth-order valence-corrected chi connectivity index (χ4v) is 3.38. The quantitative estimate of drug-likeness (QED) is 0.305. The van der Waals surface area contributed by atoms with E-state index in [1.165, 1.54) is 16.7 Å². The van der Waals surface area contributed by atoms with Crippen molar-refractivity contribution < 1.29 is 9.59 Å². The molecule has 2 amide bonds. The first-order chi connectivity index (χ1) is 14.1. The SMILES string of the molecule is CCCCC(=O)Nc1nc(SCCC)nc(N(C=O)Cc2ccccc2)c1NC. The molecule has 0 saturated carbocycles. The van der Waals surface area contributed by atoms with E-state index in [0.717, 1.165) is 37.0 Å². The van der Waals surface area contributed by atoms with Crippen molar-refractivity contribution >= 4 is 41.4 Å². The maximum Gasteiger partial charge on any atom is 0.225 e. The number of nitrogens with zero attached hydrogens (tertiary/aromatic N) is 3. The lowest BCUT2D eigenvalue weighted by molar-refractivity contribution is -0.116. The fourth-order valence-electron chi connectivity index (χ4n) is 2.69. The molecule has 1 aromatic carbocycles. The monoisotopic (exact) mass is 415 g/mol. The Morgan fingerprint density at radius 2 is 1.93 bits per heavy atom. The summed E-state index contributed by atoms with van der Waals surface area (Å²) >= 11 is 1.50. The molecule has 0 saturated heterocycles. The molecule has 8 heteroatoms. The number of hydrogen-bond acceptors (Lipinski definition) is 6. The molecule has 156 valence electrons. The normalized spacial score (nSPS) is 10.4. The Morgan fingerprint density at radius 3 is 2.55 bits per heavy atom. The van der Waals surface area contributed by atoms with E-state index in [4.69, 9.17) is 0 Å². The van der Waals surface area contributed by atoms with Gasteiger partial charge in [0.05, 0.1) is 6.54 Å². The summed E-state index contributed by atoms with van der Waals surface area (Å²) < 4.78 is 0. The van der Waals surface area contributed by atoms with Crippen LogP contribution in [-0.4, -0.2) is 35.1 Å². The zero-order valence-corrected chi connectivity index (χ0v) is 18.1. The molecule has 7 nitrogen and oxygen atoms in total. The third-order valence-corrected chi connectivity index (χ3v) is 5.22. The highest BCUT2D eigenvalue weighted by molar-refractivity contribution is 7.99. The van der Waals surface area contributed by atoms with Gasteiger partial charge in [0.1, 0.15) is 5.69 Å². The van der Waals surface area contributed by atoms with Gasteiger partial charge < -0.3 is 10.6 Å². The zero-order chi connectivity index (χ0) is 21.1. The highest BCUT2D eigenvalue weighted by Crippen LogP contribution is 2.33. The second-order valence-electron chi connectivity index (χ2n) is 6.52. The standard InChI is InChI=1S/C21H29N5O2S/c1-4-6-12-17(28)23-19-18(22-3)20(25-21(24-19)29-13-5-2)26(15-27)14-16-10-8-7-9-11-16/h7-11,15,22H,4-6,12-14H2,1-3H3,(H,23,24,25,28). The van der Waals surface area contributed by atoms with Crippen molar-refractivity contribution in [2.24, 2.45) is 0 Å². The largest absolute Gasteiger partial charge is 0.382 e. The summed E-state index contributed by atoms with van der Waals surface area (Å²) in [5.74, 6) is 1.60. The lowest BCUT2D eigenvalue weighted by atomic mass is 10.2. The average molecular weight is 416 g/mol. The van der Waals surface area contributed by atoms with Crippen molar-refractivity contribution in [3.8, 4) is 0 Å². The Kier molecular flexibility index (Phi) is 9.43. The summed E-state index contributed by atoms with van der Waals surface area (Å²) in [6.45, 7) is 4.49. The summed E-state index contributed by atoms with van der Waals surface area (Å²) in [5.41, 5.74) is 1.51. The van der Waals surface area contributed by atoms with Crippen LogP contribution in [0.1, 0.15) is 45.1 Å². The van der Waals surface area contributed by atoms with Gasteiger partial charge in [0.15, 0.2) is 16.8 Å². The Balaban J connectivity index is 2.42. The van der Waals surface area contributed by atoms with Crippen LogP contribution in [0.5, 0.6) is 0 Å². The van der Waals surface area contributed by atoms with Gasteiger partial charge in [0.2, 0.25) is 12.3 Å². The van der Waals surface area contributed by atoms with Crippen molar-refractivity contribution in [2.45, 2.75) is 51.2 Å². The van der Waals surface area contributed by atoms with Crippen molar-refractivity contribution in [2.75, 3.05) is 28.3 Å². The summed E-state index contributed by atoms with van der Waals surface area (Å²) in [6.07, 6.45) is 3.90. The van der Waals surface area contributed by atoms with Crippen LogP contribution in [0.4, 0.5) is 17.3 Å². The number of carbonyl (C=O) groups excluding carboxylic acids is 2. The molecule has 0 fully saturated rings. The first-order valence-electron chi connectivity index (χ1n) is 9.91. The van der Waals surface area contributed by atoms with Gasteiger partial charge in [0.25, 0.3) is 0 Å². The Labute approximate surface area is 176 Å². The average Bonchev–Trinajstić information content (AvgIpc) is 2.75. The van der Waals surface area contributed by atoms with Gasteiger partial charge >= 0.3 is 0 Å². The minimum absolute atomic E-state index is 0.0971. The molecule has 2 rings (SSSR count). The molecule has 0 atom stereocenters. The molecular formula is C21H29N5O2S. The topological polar surface area (TPSA) is 87.2 Å². The number of carbonyl (C=O) groups is 2. The number of thioether (sulfide) groups is 1. The van der Waals surface area contributed by atoms with Gasteiger partial charge in [-0.2, -0.15) is 0 Å². The summed E-state index contributed by atoms with van der Waals surface area (Å²) in [6, 6.07) is 9.70. The van der Waals surface area contributed by atoms with Crippen molar-refractivity contribution in [1.82, 2.24) is 9.97 Å². The van der Waals surface area contributed by atoms with Crippen LogP contribution >= 0.6 is 11.8 Å². The van der Waals surface area contributed by atoms with E-state index in [0.29, 0.717) is 35.4 Å². The molecule has 0 aliphatic heterocycles. The van der Waals surface area contributed by atoms with Crippen LogP contribution in [0.25, 0.3) is 0 Å². The predicted molar refractivity (Wildman–Crippen MR) is 119 cm³/mol. The van der Waals surface area contributed by atoms with E-state index < -0.39 is 0 Å². The smallest absolute Gasteiger partial charge is 0.225 e. The van der Waals surface area contributed by atoms with Crippen LogP contribution in [0.2, 0.25) is 0 Å². The second kappa shape index (κ2) is 12.1. The number of hydrogen-bond donors (Lipinski definition) is 2. The zero-order valence-electron chi connectivity index (χ0n) is 17.3. The number of amides is 2. The van der Waals surface area contributed by atoms with E-state index in [1.807, 2.05) is 37.3 Å². The number of anilines is 3. The van der Waals surface area contributed by atoms with E-state index >= 15 is 0 Å². The predicted octanol–water partition coefficient (Wildman–Crippen LogP) is 4.31. The number of nitrogens with one attached hydrogen (secondary N) is 2. The Hall–Kier alpha value is -2.61. The minimum atomic E-state index is -0.0971. The maximum atomic E-state index is 12.3. The summed E-state index contributed by atoms with van der Waals surface area (Å²) in [5, 5.41) is 6.48. The van der Waals surface area contributed by atoms with Crippen LogP contribution in [0, 0.1) is 0 Å². The third kappa shape index (κ3) is 6.74. The lowest BCUT2D eigenvalue weighted by Crippen LogP contribution is -2.24. The molecular weight excluding hydrogens is 386 g/mol. The summed E-state index contributed by atoms with van der Waals surface area (Å²) in [4.78, 5) is 34.9. The molecule has 0 aliphatic carbocycles. The molecule has 0 bridgehead atoms. The van der Waals surface area contributed by atoms with Gasteiger partial charge in [-0.3, -0.25) is 14.5 Å². The van der Waals surface area contributed by atoms with Crippen LogP contribution in [0.3, 0.4) is 0 Å². The fraction of sp³-hybridized carbons (Fsp3) is 0.429. The van der Waals surface area contributed by atoms with Gasteiger partial charge in [0, 0.05) is 19.2 Å². The highest BCUT2D eigenvalue weighted by atomic mass is 32.2. The lowest BCUT2D eigenvalue weighted by Gasteiger charge is -2.22. The van der Waals surface area contributed by atoms with Crippen molar-refractivity contribution in [3.05, 3.63) is 35.9 Å². The molecule has 0 radical (unpaired) electrons. The Morgan fingerprint density at radius 1 is 1.17 bits per heavy atom. The maximum absolute atomic E-state index is 12.3. The number of unbranched alkanes of at least 4 members (excludes halogenated alkanes) is 1. The number of aromatic nitrogens is 2. The van der Waals surface area contributed by atoms with Crippen LogP contribution in [0.15, 0.2) is 35.5 Å². The molecule has 1 heterocycles. The molecule has 0 aliphatic rings. The molecule has 1 aromatic heterocycles. The first-order valence-corrected chi connectivity index (χ1v) is 10.9. The molecule has 2 N–H and O–H groups in total. The molecule has 29 heavy (non-hydrogen) atoms. The first kappa shape index (κ1) is 22.7. The van der Waals surface area contributed by atoms with Gasteiger partial charge in [-0.05, 0) is 18.4 Å². The van der Waals surface area contributed by atoms with Crippen molar-refractivity contribution in [3.63, 3.8) is 0 Å². The molecule has 0 unspecified atom stereocenters. The number of rotatable bonds is 12. The Bertz CT molecular complexity index is 801. The van der Waals surface area contributed by atoms with E-state index in [1.54, 1.807) is 7.05 Å². The van der Waals surface area contributed by atoms with E-state index in [2.05, 4.69) is 27.5 Å².